The Morgan fingerprint density at radius 2 is 1.75 bits per heavy atom. The first-order valence-electron chi connectivity index (χ1n) is 6.32. The second kappa shape index (κ2) is 7.21. The molecule has 1 unspecified atom stereocenters. The second-order valence-electron chi connectivity index (χ2n) is 4.52. The summed E-state index contributed by atoms with van der Waals surface area (Å²) in [5, 5.41) is 1.16. The summed E-state index contributed by atoms with van der Waals surface area (Å²) in [6.07, 6.45) is 1.68. The highest BCUT2D eigenvalue weighted by Crippen LogP contribution is 2.33. The third kappa shape index (κ3) is 4.05. The number of hydrogen-bond donors (Lipinski definition) is 0. The molecule has 2 aromatic carbocycles. The first-order chi connectivity index (χ1) is 9.60. The molecule has 0 aromatic heterocycles. The zero-order chi connectivity index (χ0) is 14.5. The fourth-order valence-corrected chi connectivity index (χ4v) is 2.77. The average Bonchev–Trinajstić information content (AvgIpc) is 2.47. The molecule has 0 aliphatic carbocycles. The highest BCUT2D eigenvalue weighted by atomic mass is 35.5. The van der Waals surface area contributed by atoms with Gasteiger partial charge in [-0.15, -0.1) is 11.6 Å². The molecule has 106 valence electrons. The van der Waals surface area contributed by atoms with Crippen molar-refractivity contribution in [2.24, 2.45) is 0 Å². The molecule has 0 saturated carbocycles. The van der Waals surface area contributed by atoms with E-state index >= 15 is 0 Å². The van der Waals surface area contributed by atoms with Gasteiger partial charge in [-0.25, -0.2) is 0 Å². The summed E-state index contributed by atoms with van der Waals surface area (Å²) >= 11 is 18.6. The Balaban J connectivity index is 2.00. The molecular weight excluding hydrogens is 315 g/mol. The Labute approximate surface area is 134 Å². The van der Waals surface area contributed by atoms with E-state index in [1.165, 1.54) is 5.56 Å². The van der Waals surface area contributed by atoms with Gasteiger partial charge in [-0.3, -0.25) is 0 Å². The fraction of sp³-hybridized carbons (Fsp3) is 0.250. The Kier molecular flexibility index (Phi) is 5.59. The van der Waals surface area contributed by atoms with E-state index in [-0.39, 0.29) is 5.38 Å². The van der Waals surface area contributed by atoms with Gasteiger partial charge < -0.3 is 4.74 Å². The van der Waals surface area contributed by atoms with E-state index in [1.807, 2.05) is 30.3 Å². The Bertz CT molecular complexity index is 566. The number of aryl methyl sites for hydroxylation is 1. The predicted octanol–water partition coefficient (Wildman–Crippen LogP) is 5.91. The van der Waals surface area contributed by atoms with Crippen molar-refractivity contribution >= 4 is 34.8 Å². The van der Waals surface area contributed by atoms with Gasteiger partial charge in [-0.1, -0.05) is 35.3 Å². The first kappa shape index (κ1) is 15.5. The van der Waals surface area contributed by atoms with E-state index in [0.717, 1.165) is 24.2 Å². The summed E-state index contributed by atoms with van der Waals surface area (Å²) in [5.41, 5.74) is 2.10. The standard InChI is InChI=1S/C16H15Cl3O/c1-20-13-6-2-11(3-7-13)4-8-15(18)14-10-12(17)5-9-16(14)19/h2-3,5-7,9-10,15H,4,8H2,1H3. The van der Waals surface area contributed by atoms with Crippen LogP contribution in [0.25, 0.3) is 0 Å². The first-order valence-corrected chi connectivity index (χ1v) is 7.51. The van der Waals surface area contributed by atoms with Crippen LogP contribution in [0.15, 0.2) is 42.5 Å². The molecule has 0 N–H and O–H groups in total. The summed E-state index contributed by atoms with van der Waals surface area (Å²) in [7, 11) is 1.66. The van der Waals surface area contributed by atoms with Crippen molar-refractivity contribution in [1.29, 1.82) is 0 Å². The minimum Gasteiger partial charge on any atom is -0.497 e. The minimum absolute atomic E-state index is 0.150. The van der Waals surface area contributed by atoms with Crippen LogP contribution in [-0.4, -0.2) is 7.11 Å². The smallest absolute Gasteiger partial charge is 0.118 e. The van der Waals surface area contributed by atoms with Crippen LogP contribution in [0.3, 0.4) is 0 Å². The van der Waals surface area contributed by atoms with E-state index in [2.05, 4.69) is 0 Å². The normalized spacial score (nSPS) is 12.2. The van der Waals surface area contributed by atoms with Crippen LogP contribution in [-0.2, 0) is 6.42 Å². The maximum atomic E-state index is 6.42. The highest BCUT2D eigenvalue weighted by molar-refractivity contribution is 6.34. The number of ether oxygens (including phenoxy) is 1. The van der Waals surface area contributed by atoms with Gasteiger partial charge >= 0.3 is 0 Å². The van der Waals surface area contributed by atoms with E-state index < -0.39 is 0 Å². The molecule has 2 aromatic rings. The monoisotopic (exact) mass is 328 g/mol. The lowest BCUT2D eigenvalue weighted by Gasteiger charge is -2.12. The summed E-state index contributed by atoms with van der Waals surface area (Å²) in [5.74, 6) is 0.856. The number of halogens is 3. The third-order valence-corrected chi connectivity index (χ3v) is 4.17. The van der Waals surface area contributed by atoms with Gasteiger partial charge in [0.2, 0.25) is 0 Å². The lowest BCUT2D eigenvalue weighted by Crippen LogP contribution is -1.95. The van der Waals surface area contributed by atoms with Crippen molar-refractivity contribution in [2.45, 2.75) is 18.2 Å². The topological polar surface area (TPSA) is 9.23 Å². The fourth-order valence-electron chi connectivity index (χ4n) is 2.00. The van der Waals surface area contributed by atoms with Crippen molar-refractivity contribution < 1.29 is 4.74 Å². The van der Waals surface area contributed by atoms with Gasteiger partial charge in [-0.05, 0) is 54.3 Å². The molecule has 2 rings (SSSR count). The third-order valence-electron chi connectivity index (χ3n) is 3.14. The SMILES string of the molecule is COc1ccc(CCC(Cl)c2cc(Cl)ccc2Cl)cc1. The summed E-state index contributed by atoms with van der Waals surface area (Å²) in [6.45, 7) is 0. The Morgan fingerprint density at radius 3 is 2.40 bits per heavy atom. The maximum absolute atomic E-state index is 6.42. The maximum Gasteiger partial charge on any atom is 0.118 e. The largest absolute Gasteiger partial charge is 0.497 e. The molecule has 0 bridgehead atoms. The molecule has 0 spiro atoms. The van der Waals surface area contributed by atoms with Crippen LogP contribution in [0, 0.1) is 0 Å². The van der Waals surface area contributed by atoms with Crippen LogP contribution in [0.2, 0.25) is 10.0 Å². The number of rotatable bonds is 5. The molecule has 20 heavy (non-hydrogen) atoms. The minimum atomic E-state index is -0.150. The molecule has 0 fully saturated rings. The average molecular weight is 330 g/mol. The van der Waals surface area contributed by atoms with E-state index in [9.17, 15) is 0 Å². The van der Waals surface area contributed by atoms with Crippen LogP contribution in [0.1, 0.15) is 22.9 Å². The molecule has 0 aliphatic heterocycles. The van der Waals surface area contributed by atoms with Gasteiger partial charge in [0.25, 0.3) is 0 Å². The van der Waals surface area contributed by atoms with Gasteiger partial charge in [0.05, 0.1) is 12.5 Å². The molecule has 0 saturated heterocycles. The molecule has 4 heteroatoms. The van der Waals surface area contributed by atoms with E-state index in [0.29, 0.717) is 10.0 Å². The lowest BCUT2D eigenvalue weighted by atomic mass is 10.0. The number of hydrogen-bond acceptors (Lipinski definition) is 1. The van der Waals surface area contributed by atoms with Crippen LogP contribution in [0.4, 0.5) is 0 Å². The highest BCUT2D eigenvalue weighted by Gasteiger charge is 2.12. The van der Waals surface area contributed by atoms with Crippen molar-refractivity contribution in [3.8, 4) is 5.75 Å². The van der Waals surface area contributed by atoms with Gasteiger partial charge in [0.15, 0.2) is 0 Å². The molecule has 0 aliphatic rings. The van der Waals surface area contributed by atoms with Gasteiger partial charge in [0, 0.05) is 10.0 Å². The number of methoxy groups -OCH3 is 1. The number of benzene rings is 2. The van der Waals surface area contributed by atoms with E-state index in [1.54, 1.807) is 19.2 Å². The van der Waals surface area contributed by atoms with Crippen LogP contribution >= 0.6 is 34.8 Å². The van der Waals surface area contributed by atoms with Crippen molar-refractivity contribution in [1.82, 2.24) is 0 Å². The predicted molar refractivity (Wildman–Crippen MR) is 86.4 cm³/mol. The summed E-state index contributed by atoms with van der Waals surface area (Å²) in [4.78, 5) is 0. The molecule has 1 nitrogen and oxygen atoms in total. The Morgan fingerprint density at radius 1 is 1.05 bits per heavy atom. The summed E-state index contributed by atoms with van der Waals surface area (Å²) in [6, 6.07) is 13.4. The Hall–Kier alpha value is -0.890. The molecule has 1 atom stereocenters. The lowest BCUT2D eigenvalue weighted by molar-refractivity contribution is 0.414. The van der Waals surface area contributed by atoms with Gasteiger partial charge in [-0.2, -0.15) is 0 Å². The quantitative estimate of drug-likeness (QED) is 0.619. The number of alkyl halides is 1. The molecule has 0 amide bonds. The molecule has 0 radical (unpaired) electrons. The second-order valence-corrected chi connectivity index (χ2v) is 5.89. The van der Waals surface area contributed by atoms with Gasteiger partial charge in [0.1, 0.15) is 5.75 Å². The van der Waals surface area contributed by atoms with Crippen molar-refractivity contribution in [3.05, 3.63) is 63.6 Å². The van der Waals surface area contributed by atoms with E-state index in [4.69, 9.17) is 39.5 Å². The van der Waals surface area contributed by atoms with Crippen molar-refractivity contribution in [2.75, 3.05) is 7.11 Å². The zero-order valence-electron chi connectivity index (χ0n) is 11.1. The molecular formula is C16H15Cl3O. The summed E-state index contributed by atoms with van der Waals surface area (Å²) < 4.78 is 5.13. The molecule has 0 heterocycles. The van der Waals surface area contributed by atoms with Crippen LogP contribution in [0.5, 0.6) is 5.75 Å². The zero-order valence-corrected chi connectivity index (χ0v) is 13.3. The van der Waals surface area contributed by atoms with Crippen molar-refractivity contribution in [3.63, 3.8) is 0 Å². The van der Waals surface area contributed by atoms with Crippen LogP contribution < -0.4 is 4.74 Å².